The van der Waals surface area contributed by atoms with Gasteiger partial charge in [0.05, 0.1) is 11.7 Å². The summed E-state index contributed by atoms with van der Waals surface area (Å²) in [6.45, 7) is 0. The normalized spacial score (nSPS) is 16.6. The van der Waals surface area contributed by atoms with Crippen LogP contribution in [0.4, 0.5) is 13.2 Å². The van der Waals surface area contributed by atoms with Crippen molar-refractivity contribution in [3.8, 4) is 5.75 Å². The molecule has 19 heavy (non-hydrogen) atoms. The van der Waals surface area contributed by atoms with Crippen molar-refractivity contribution in [2.75, 3.05) is 0 Å². The number of ether oxygens (including phenoxy) is 1. The maximum Gasteiger partial charge on any atom is 0.417 e. The van der Waals surface area contributed by atoms with E-state index < -0.39 is 11.7 Å². The molecule has 1 aliphatic carbocycles. The SMILES string of the molecule is NC(=S)c1cc(OC2CCCC2)ccc1C(F)(F)F. The summed E-state index contributed by atoms with van der Waals surface area (Å²) in [5.41, 5.74) is 4.36. The fraction of sp³-hybridized carbons (Fsp3) is 0.462. The van der Waals surface area contributed by atoms with Crippen LogP contribution in [0.25, 0.3) is 0 Å². The highest BCUT2D eigenvalue weighted by Crippen LogP contribution is 2.34. The Morgan fingerprint density at radius 2 is 1.89 bits per heavy atom. The summed E-state index contributed by atoms with van der Waals surface area (Å²) in [6.07, 6.45) is -0.339. The van der Waals surface area contributed by atoms with Crippen LogP contribution in [0.5, 0.6) is 5.75 Å². The first-order chi connectivity index (χ1) is 8.88. The summed E-state index contributed by atoms with van der Waals surface area (Å²) in [5.74, 6) is 0.391. The third-order valence-electron chi connectivity index (χ3n) is 3.17. The molecule has 1 aliphatic rings. The zero-order valence-corrected chi connectivity index (χ0v) is 11.0. The Morgan fingerprint density at radius 3 is 2.42 bits per heavy atom. The van der Waals surface area contributed by atoms with Crippen LogP contribution in [-0.4, -0.2) is 11.1 Å². The predicted octanol–water partition coefficient (Wildman–Crippen LogP) is 3.66. The Morgan fingerprint density at radius 1 is 1.26 bits per heavy atom. The molecule has 6 heteroatoms. The molecule has 104 valence electrons. The molecule has 0 heterocycles. The van der Waals surface area contributed by atoms with Crippen LogP contribution in [0, 0.1) is 0 Å². The van der Waals surface area contributed by atoms with Crippen molar-refractivity contribution in [3.05, 3.63) is 29.3 Å². The van der Waals surface area contributed by atoms with E-state index in [1.807, 2.05) is 0 Å². The third-order valence-corrected chi connectivity index (χ3v) is 3.39. The van der Waals surface area contributed by atoms with Gasteiger partial charge in [0.2, 0.25) is 0 Å². The van der Waals surface area contributed by atoms with Crippen molar-refractivity contribution in [1.29, 1.82) is 0 Å². The van der Waals surface area contributed by atoms with Crippen LogP contribution in [0.15, 0.2) is 18.2 Å². The minimum atomic E-state index is -4.47. The molecule has 1 fully saturated rings. The van der Waals surface area contributed by atoms with Gasteiger partial charge in [-0.05, 0) is 43.9 Å². The smallest absolute Gasteiger partial charge is 0.417 e. The minimum Gasteiger partial charge on any atom is -0.490 e. The molecule has 2 rings (SSSR count). The number of benzene rings is 1. The quantitative estimate of drug-likeness (QED) is 0.862. The zero-order chi connectivity index (χ0) is 14.0. The van der Waals surface area contributed by atoms with Crippen molar-refractivity contribution in [2.24, 2.45) is 5.73 Å². The molecule has 1 saturated carbocycles. The largest absolute Gasteiger partial charge is 0.490 e. The van der Waals surface area contributed by atoms with Gasteiger partial charge < -0.3 is 10.5 Å². The summed E-state index contributed by atoms with van der Waals surface area (Å²) >= 11 is 4.68. The predicted molar refractivity (Wildman–Crippen MR) is 70.2 cm³/mol. The second kappa shape index (κ2) is 5.36. The number of thiocarbonyl (C=S) groups is 1. The van der Waals surface area contributed by atoms with Crippen molar-refractivity contribution < 1.29 is 17.9 Å². The monoisotopic (exact) mass is 289 g/mol. The van der Waals surface area contributed by atoms with Crippen LogP contribution in [0.3, 0.4) is 0 Å². The summed E-state index contributed by atoms with van der Waals surface area (Å²) < 4.78 is 44.0. The van der Waals surface area contributed by atoms with Crippen LogP contribution in [0.2, 0.25) is 0 Å². The highest BCUT2D eigenvalue weighted by Gasteiger charge is 2.34. The molecule has 1 aromatic rings. The van der Waals surface area contributed by atoms with Gasteiger partial charge >= 0.3 is 6.18 Å². The van der Waals surface area contributed by atoms with Gasteiger partial charge in [-0.1, -0.05) is 12.2 Å². The van der Waals surface area contributed by atoms with Crippen LogP contribution < -0.4 is 10.5 Å². The van der Waals surface area contributed by atoms with Crippen LogP contribution >= 0.6 is 12.2 Å². The standard InChI is InChI=1S/C13H14F3NOS/c14-13(15,16)11-6-5-9(7-10(11)12(17)19)18-8-3-1-2-4-8/h5-8H,1-4H2,(H2,17,19). The molecule has 0 bridgehead atoms. The number of hydrogen-bond donors (Lipinski definition) is 1. The first-order valence-electron chi connectivity index (χ1n) is 6.05. The molecule has 1 aromatic carbocycles. The van der Waals surface area contributed by atoms with E-state index in [9.17, 15) is 13.2 Å². The highest BCUT2D eigenvalue weighted by atomic mass is 32.1. The van der Waals surface area contributed by atoms with Crippen molar-refractivity contribution in [3.63, 3.8) is 0 Å². The van der Waals surface area contributed by atoms with Crippen LogP contribution in [0.1, 0.15) is 36.8 Å². The van der Waals surface area contributed by atoms with Gasteiger partial charge in [-0.2, -0.15) is 13.2 Å². The Labute approximate surface area is 114 Å². The lowest BCUT2D eigenvalue weighted by atomic mass is 10.1. The first kappa shape index (κ1) is 14.1. The molecule has 0 saturated heterocycles. The fourth-order valence-corrected chi connectivity index (χ4v) is 2.42. The maximum absolute atomic E-state index is 12.8. The number of nitrogens with two attached hydrogens (primary N) is 1. The van der Waals surface area contributed by atoms with Crippen molar-refractivity contribution >= 4 is 17.2 Å². The second-order valence-electron chi connectivity index (χ2n) is 4.59. The number of halogens is 3. The van der Waals surface area contributed by atoms with E-state index in [1.54, 1.807) is 0 Å². The second-order valence-corrected chi connectivity index (χ2v) is 5.03. The number of rotatable bonds is 3. The Hall–Kier alpha value is -1.30. The Balaban J connectivity index is 2.28. The minimum absolute atomic E-state index is 0.0796. The average molecular weight is 289 g/mol. The van der Waals surface area contributed by atoms with E-state index in [4.69, 9.17) is 10.5 Å². The van der Waals surface area contributed by atoms with E-state index in [0.29, 0.717) is 5.75 Å². The molecule has 0 aliphatic heterocycles. The van der Waals surface area contributed by atoms with E-state index in [2.05, 4.69) is 12.2 Å². The van der Waals surface area contributed by atoms with Gasteiger partial charge in [0.15, 0.2) is 0 Å². The Bertz CT molecular complexity index is 481. The lowest BCUT2D eigenvalue weighted by Crippen LogP contribution is -2.19. The summed E-state index contributed by atoms with van der Waals surface area (Å²) in [6, 6.07) is 3.57. The maximum atomic E-state index is 12.8. The van der Waals surface area contributed by atoms with Gasteiger partial charge in [-0.15, -0.1) is 0 Å². The average Bonchev–Trinajstić information content (AvgIpc) is 2.80. The number of hydrogen-bond acceptors (Lipinski definition) is 2. The summed E-state index contributed by atoms with van der Waals surface area (Å²) in [4.78, 5) is -0.274. The molecule has 0 amide bonds. The molecular formula is C13H14F3NOS. The molecule has 2 nitrogen and oxygen atoms in total. The van der Waals surface area contributed by atoms with E-state index in [-0.39, 0.29) is 16.7 Å². The Kier molecular flexibility index (Phi) is 3.99. The van der Waals surface area contributed by atoms with Crippen molar-refractivity contribution in [1.82, 2.24) is 0 Å². The van der Waals surface area contributed by atoms with Gasteiger partial charge in [0, 0.05) is 5.56 Å². The molecule has 0 unspecified atom stereocenters. The van der Waals surface area contributed by atoms with Gasteiger partial charge in [0.1, 0.15) is 10.7 Å². The molecule has 0 aromatic heterocycles. The number of alkyl halides is 3. The van der Waals surface area contributed by atoms with Crippen LogP contribution in [-0.2, 0) is 6.18 Å². The molecule has 0 atom stereocenters. The lowest BCUT2D eigenvalue weighted by molar-refractivity contribution is -0.137. The van der Waals surface area contributed by atoms with E-state index in [0.717, 1.165) is 31.7 Å². The first-order valence-corrected chi connectivity index (χ1v) is 6.46. The van der Waals surface area contributed by atoms with Gasteiger partial charge in [-0.25, -0.2) is 0 Å². The van der Waals surface area contributed by atoms with Gasteiger partial charge in [-0.3, -0.25) is 0 Å². The van der Waals surface area contributed by atoms with E-state index >= 15 is 0 Å². The van der Waals surface area contributed by atoms with E-state index in [1.165, 1.54) is 12.1 Å². The molecule has 0 radical (unpaired) electrons. The molecule has 2 N–H and O–H groups in total. The van der Waals surface area contributed by atoms with Gasteiger partial charge in [0.25, 0.3) is 0 Å². The fourth-order valence-electron chi connectivity index (χ4n) is 2.25. The molecular weight excluding hydrogens is 275 g/mol. The zero-order valence-electron chi connectivity index (χ0n) is 10.2. The highest BCUT2D eigenvalue weighted by molar-refractivity contribution is 7.80. The third kappa shape index (κ3) is 3.37. The topological polar surface area (TPSA) is 35.2 Å². The molecule has 0 spiro atoms. The lowest BCUT2D eigenvalue weighted by Gasteiger charge is -2.16. The summed E-state index contributed by atoms with van der Waals surface area (Å²) in [5, 5.41) is 0. The summed E-state index contributed by atoms with van der Waals surface area (Å²) in [7, 11) is 0. The van der Waals surface area contributed by atoms with Crippen molar-refractivity contribution in [2.45, 2.75) is 38.0 Å².